The minimum absolute atomic E-state index is 0.0708. The molecule has 0 aromatic carbocycles. The molecular weight excluding hydrogens is 1770 g/mol. The van der Waals surface area contributed by atoms with Gasteiger partial charge in [0.2, 0.25) is 64.6 Å². The summed E-state index contributed by atoms with van der Waals surface area (Å²) in [7, 11) is 0. The Bertz CT molecular complexity index is 4610. The summed E-state index contributed by atoms with van der Waals surface area (Å²) in [6.07, 6.45) is 11.4. The van der Waals surface area contributed by atoms with Gasteiger partial charge in [-0.15, -0.1) is 13.2 Å². The van der Waals surface area contributed by atoms with Crippen LogP contribution in [0.4, 0.5) is 19.2 Å². The standard InChI is InChI=1S/C35H56N6O6.C33H54N6O7.C33H54N6O6/c1-10-15-36-30(45)27(43)22(17-20-13-14-20)37-29(44)26-25-21(35(25,8)9)18-41(26)31(46)28(34(5,6)7)39-32(47)38-23(33(2,3)4)19-40-16-11-12-24(40)42;1-11-13-20(24(40)27(42)34-14-12-2)35-26(41)23-22-19(33(22,9)10)17-39(23)28(43)25(32(6,7)8)37-29(44)36-21(31(3,4)5)18-38-15-16-46-30(38)45;1-31(2,3)21(17-38-14-10-13-22(38)40)36-30(45)37-26(32(4,5)6)29(44)39-16-19-23(33(19,7)8)24(39)28(43)35-20(25(41)27(34)42)15-18-11-9-12-18/h10,20-23,25-26,28H,1,11-19H2,2-9H3,(H,36,45)(H,37,44)(H2,38,39,47);12,19-23,25H,2,11,13-18H2,1,3-10H3,(H,34,42)(H,35,41)(H2,36,37,44);18-21,23-24,26H,9-17H2,1-8H3,(H2,34,42)(H,35,43)(H2,36,37,45)/t21-,22?,23+,25-,26-,28+;19-,20?,21+,22-,23-,25+;19-,20?,21+,23-,24-,26+/m000/s1. The molecule has 18 atom stereocenters. The maximum absolute atomic E-state index is 14.4. The van der Waals surface area contributed by atoms with Crippen LogP contribution in [0.1, 0.15) is 257 Å². The fourth-order valence-corrected chi connectivity index (χ4v) is 21.1. The van der Waals surface area contributed by atoms with Crippen molar-refractivity contribution in [3.8, 4) is 0 Å². The van der Waals surface area contributed by atoms with Crippen molar-refractivity contribution < 1.29 is 91.0 Å². The van der Waals surface area contributed by atoms with E-state index in [0.717, 1.165) is 44.9 Å². The fraction of sp³-hybridized carbons (Fsp3) is 0.782. The summed E-state index contributed by atoms with van der Waals surface area (Å²) in [6.45, 7) is 60.2. The molecule has 37 heteroatoms. The number of carbonyl (C=O) groups excluding carboxylic acids is 18. The number of cyclic esters (lactones) is 1. The first-order chi connectivity index (χ1) is 63.7. The number of Topliss-reactive ketones (excluding diaryl/α,β-unsaturated/α-hetero) is 3. The second kappa shape index (κ2) is 43.5. The van der Waals surface area contributed by atoms with E-state index in [1.165, 1.54) is 17.1 Å². The predicted molar refractivity (Wildman–Crippen MR) is 518 cm³/mol. The highest BCUT2D eigenvalue weighted by Gasteiger charge is 2.73. The van der Waals surface area contributed by atoms with Crippen molar-refractivity contribution >= 4 is 107 Å². The van der Waals surface area contributed by atoms with Gasteiger partial charge < -0.3 is 98.4 Å². The van der Waals surface area contributed by atoms with Crippen LogP contribution in [-0.2, 0) is 71.9 Å². The van der Waals surface area contributed by atoms with Gasteiger partial charge in [-0.25, -0.2) is 19.2 Å². The van der Waals surface area contributed by atoms with Gasteiger partial charge in [0.1, 0.15) is 42.9 Å². The number of primary amides is 1. The van der Waals surface area contributed by atoms with Gasteiger partial charge in [0.15, 0.2) is 0 Å². The summed E-state index contributed by atoms with van der Waals surface area (Å²) >= 11 is 0. The number of nitrogens with zero attached hydrogens (tertiary/aromatic N) is 6. The Morgan fingerprint density at radius 1 is 0.413 bits per heavy atom. The van der Waals surface area contributed by atoms with Crippen molar-refractivity contribution in [1.82, 2.24) is 87.9 Å². The maximum Gasteiger partial charge on any atom is 0.410 e. The van der Waals surface area contributed by atoms with E-state index in [9.17, 15) is 86.3 Å². The van der Waals surface area contributed by atoms with Gasteiger partial charge in [-0.05, 0) is 128 Å². The molecule has 5 aliphatic carbocycles. The van der Waals surface area contributed by atoms with E-state index in [-0.39, 0.29) is 136 Å². The molecule has 5 saturated carbocycles. The predicted octanol–water partition coefficient (Wildman–Crippen LogP) is 6.53. The van der Waals surface area contributed by atoms with Crippen LogP contribution in [0.25, 0.3) is 0 Å². The zero-order valence-corrected chi connectivity index (χ0v) is 86.8. The molecular formula is C101H164N18O19. The molecule has 0 spiro atoms. The van der Waals surface area contributed by atoms with Gasteiger partial charge in [0.05, 0.1) is 42.8 Å². The van der Waals surface area contributed by atoms with Crippen LogP contribution in [0.2, 0.25) is 0 Å². The highest BCUT2D eigenvalue weighted by molar-refractivity contribution is 6.39. The first-order valence-electron chi connectivity index (χ1n) is 50.0. The number of hydrogen-bond donors (Lipinski definition) is 12. The molecule has 0 aromatic rings. The van der Waals surface area contributed by atoms with Crippen LogP contribution >= 0.6 is 0 Å². The Hall–Kier alpha value is -10.3. The van der Waals surface area contributed by atoms with Crippen LogP contribution in [0.5, 0.6) is 0 Å². The number of rotatable bonds is 37. The van der Waals surface area contributed by atoms with Crippen LogP contribution < -0.4 is 64.2 Å². The zero-order chi connectivity index (χ0) is 103. The Morgan fingerprint density at radius 3 is 0.986 bits per heavy atom. The summed E-state index contributed by atoms with van der Waals surface area (Å²) in [5.41, 5.74) is 1.54. The Kier molecular flexibility index (Phi) is 35.1. The molecule has 772 valence electrons. The van der Waals surface area contributed by atoms with Gasteiger partial charge in [0.25, 0.3) is 17.7 Å². The van der Waals surface area contributed by atoms with E-state index < -0.39 is 165 Å². The second-order valence-electron chi connectivity index (χ2n) is 48.8. The number of likely N-dealkylation sites (tertiary alicyclic amines) is 5. The number of ether oxygens (including phenoxy) is 1. The molecule has 11 aliphatic rings. The second-order valence-corrected chi connectivity index (χ2v) is 48.8. The van der Waals surface area contributed by atoms with Crippen molar-refractivity contribution in [2.45, 2.75) is 329 Å². The number of nitrogens with two attached hydrogens (primary N) is 1. The maximum atomic E-state index is 14.4. The first-order valence-corrected chi connectivity index (χ1v) is 50.0. The molecule has 0 radical (unpaired) electrons. The lowest BCUT2D eigenvalue weighted by molar-refractivity contribution is -0.145. The number of hydrogen-bond acceptors (Lipinski definition) is 19. The lowest BCUT2D eigenvalue weighted by Gasteiger charge is -2.39. The van der Waals surface area contributed by atoms with Crippen molar-refractivity contribution in [2.24, 2.45) is 102 Å². The van der Waals surface area contributed by atoms with Gasteiger partial charge in [-0.3, -0.25) is 67.1 Å². The minimum Gasteiger partial charge on any atom is -0.448 e. The van der Waals surface area contributed by atoms with E-state index in [2.05, 4.69) is 113 Å². The number of ketones is 3. The number of amides is 18. The highest BCUT2D eigenvalue weighted by atomic mass is 16.6. The van der Waals surface area contributed by atoms with Crippen molar-refractivity contribution in [1.29, 1.82) is 0 Å². The third-order valence-corrected chi connectivity index (χ3v) is 30.9. The molecule has 6 heterocycles. The molecule has 6 aliphatic heterocycles. The van der Waals surface area contributed by atoms with Crippen LogP contribution in [0, 0.1) is 96.1 Å². The highest BCUT2D eigenvalue weighted by Crippen LogP contribution is 2.67. The molecule has 0 bridgehead atoms. The lowest BCUT2D eigenvalue weighted by atomic mass is 9.80. The average Bonchev–Trinajstić information content (AvgIpc) is 1.53. The van der Waals surface area contributed by atoms with Gasteiger partial charge in [-0.2, -0.15) is 0 Å². The molecule has 11 fully saturated rings. The Balaban J connectivity index is 0.000000232. The first kappa shape index (κ1) is 111. The Labute approximate surface area is 816 Å². The molecule has 6 saturated heterocycles. The number of urea groups is 3. The lowest BCUT2D eigenvalue weighted by Crippen LogP contribution is -2.62. The van der Waals surface area contributed by atoms with E-state index in [1.54, 1.807) is 24.5 Å². The van der Waals surface area contributed by atoms with Crippen LogP contribution in [-0.4, -0.2) is 287 Å². The normalized spacial score (nSPS) is 25.1. The van der Waals surface area contributed by atoms with E-state index >= 15 is 0 Å². The summed E-state index contributed by atoms with van der Waals surface area (Å²) in [4.78, 5) is 247. The number of fused-ring (bicyclic) bond motifs is 3. The third kappa shape index (κ3) is 26.9. The molecule has 13 N–H and O–H groups in total. The fourth-order valence-electron chi connectivity index (χ4n) is 21.1. The molecule has 138 heavy (non-hydrogen) atoms. The van der Waals surface area contributed by atoms with Crippen molar-refractivity contribution in [2.75, 3.05) is 78.6 Å². The summed E-state index contributed by atoms with van der Waals surface area (Å²) in [6, 6.07) is -11.3. The molecule has 0 aromatic heterocycles. The zero-order valence-electron chi connectivity index (χ0n) is 86.8. The Morgan fingerprint density at radius 2 is 0.725 bits per heavy atom. The number of carbonyl (C=O) groups is 18. The van der Waals surface area contributed by atoms with Crippen LogP contribution in [0.15, 0.2) is 25.3 Å². The van der Waals surface area contributed by atoms with E-state index in [4.69, 9.17) is 10.5 Å². The largest absolute Gasteiger partial charge is 0.448 e. The van der Waals surface area contributed by atoms with Gasteiger partial charge in [0, 0.05) is 78.3 Å². The van der Waals surface area contributed by atoms with E-state index in [0.29, 0.717) is 91.1 Å². The smallest absolute Gasteiger partial charge is 0.410 e. The summed E-state index contributed by atoms with van der Waals surface area (Å²) < 4.78 is 5.05. The summed E-state index contributed by atoms with van der Waals surface area (Å²) in [5.74, 6) is -6.98. The minimum atomic E-state index is -1.09. The third-order valence-electron chi connectivity index (χ3n) is 30.9. The quantitative estimate of drug-likeness (QED) is 0.0232. The van der Waals surface area contributed by atoms with Gasteiger partial charge in [-0.1, -0.05) is 224 Å². The topological polar surface area (TPSA) is 494 Å². The molecule has 18 amide bonds. The van der Waals surface area contributed by atoms with E-state index in [1.807, 2.05) is 132 Å². The van der Waals surface area contributed by atoms with Crippen molar-refractivity contribution in [3.05, 3.63) is 25.3 Å². The average molecular weight is 1930 g/mol. The molecule has 37 nitrogen and oxygen atoms in total. The van der Waals surface area contributed by atoms with Crippen LogP contribution in [0.3, 0.4) is 0 Å². The monoisotopic (exact) mass is 1930 g/mol. The number of piperidine rings is 3. The summed E-state index contributed by atoms with van der Waals surface area (Å²) in [5, 5.41) is 31.1. The van der Waals surface area contributed by atoms with Crippen molar-refractivity contribution in [3.63, 3.8) is 0 Å². The molecule has 3 unspecified atom stereocenters. The number of nitrogens with one attached hydrogen (secondary N) is 11. The molecule has 11 rings (SSSR count). The van der Waals surface area contributed by atoms with Gasteiger partial charge >= 0.3 is 24.2 Å². The SMILES string of the molecule is C=CCNC(=O)C(=O)C(CC1CC1)NC(=O)[C@@H]1[C@@H]2[C@H](CN1C(=O)[C@@H](NC(=O)N[C@H](CN1CCCC1=O)C(C)(C)C)C(C)(C)C)C2(C)C.C=CCNC(=O)C(=O)C(CCC)NC(=O)[C@@H]1[C@@H]2[C@H](CN1C(=O)[C@@H](NC(=O)N[C@H](CN1CCOC1=O)C(C)(C)C)C(C)(C)C)C2(C)C.CC(C)(C)[C@H](NC(=O)N[C@H](CN1CCCC1=O)C(C)(C)C)C(=O)N1C[C@H]2[C@@H]([C@H]1C(=O)NC(CC1CCC1)C(=O)C(N)=O)C2(C)C.